The lowest BCUT2D eigenvalue weighted by Gasteiger charge is -2.28. The zero-order valence-electron chi connectivity index (χ0n) is 9.45. The fourth-order valence-electron chi connectivity index (χ4n) is 1.93. The first-order chi connectivity index (χ1) is 7.76. The molecule has 0 aromatic carbocycles. The number of hydrogen-bond acceptors (Lipinski definition) is 4. The van der Waals surface area contributed by atoms with Gasteiger partial charge in [-0.3, -0.25) is 0 Å². The number of hydrogen-bond donors (Lipinski definition) is 2. The summed E-state index contributed by atoms with van der Waals surface area (Å²) in [4.78, 5) is 0. The van der Waals surface area contributed by atoms with Crippen molar-refractivity contribution < 1.29 is 14.6 Å². The van der Waals surface area contributed by atoms with Crippen molar-refractivity contribution >= 4 is 0 Å². The molecular weight excluding hydrogens is 206 g/mol. The normalized spacial score (nSPS) is 32.2. The molecule has 1 atom stereocenters. The molecule has 0 aliphatic carbocycles. The van der Waals surface area contributed by atoms with Crippen molar-refractivity contribution in [3.63, 3.8) is 0 Å². The van der Waals surface area contributed by atoms with Crippen molar-refractivity contribution in [1.82, 2.24) is 5.32 Å². The molecular formula is C12H17NO3. The van der Waals surface area contributed by atoms with Crippen LogP contribution < -0.4 is 5.32 Å². The van der Waals surface area contributed by atoms with Crippen molar-refractivity contribution in [3.05, 3.63) is 35.4 Å². The molecule has 2 rings (SSSR count). The fourth-order valence-corrected chi connectivity index (χ4v) is 1.93. The van der Waals surface area contributed by atoms with Gasteiger partial charge in [-0.25, -0.2) is 0 Å². The molecule has 4 nitrogen and oxygen atoms in total. The van der Waals surface area contributed by atoms with Crippen LogP contribution in [0, 0.1) is 0 Å². The standard InChI is InChI=1S/C12H17NO3/c1-3-11-10(4-5-13-11)12-8(2)15-7-9(6-14)16-12/h3,9,13-14H,2,4-7H2,1H3/b11-3+,12-10+. The van der Waals surface area contributed by atoms with Crippen LogP contribution in [0.15, 0.2) is 35.4 Å². The molecule has 2 N–H and O–H groups in total. The van der Waals surface area contributed by atoms with Crippen LogP contribution in [0.1, 0.15) is 13.3 Å². The van der Waals surface area contributed by atoms with Gasteiger partial charge in [0.2, 0.25) is 0 Å². The van der Waals surface area contributed by atoms with E-state index in [1.165, 1.54) is 0 Å². The molecule has 4 heteroatoms. The average Bonchev–Trinajstić information content (AvgIpc) is 2.77. The third-order valence-electron chi connectivity index (χ3n) is 2.76. The first-order valence-corrected chi connectivity index (χ1v) is 5.49. The van der Waals surface area contributed by atoms with Crippen LogP contribution in [0.2, 0.25) is 0 Å². The SMILES string of the molecule is C=C1OCC(CO)O/C1=C1\CCN\C1=C\C. The molecule has 2 fully saturated rings. The highest BCUT2D eigenvalue weighted by atomic mass is 16.6. The van der Waals surface area contributed by atoms with E-state index in [4.69, 9.17) is 14.6 Å². The van der Waals surface area contributed by atoms with Crippen molar-refractivity contribution in [2.45, 2.75) is 19.4 Å². The lowest BCUT2D eigenvalue weighted by Crippen LogP contribution is -2.29. The Labute approximate surface area is 95.2 Å². The number of allylic oxidation sites excluding steroid dienone is 2. The van der Waals surface area contributed by atoms with Gasteiger partial charge in [0.15, 0.2) is 17.6 Å². The minimum atomic E-state index is -0.285. The van der Waals surface area contributed by atoms with E-state index in [2.05, 4.69) is 11.9 Å². The molecule has 0 spiro atoms. The highest BCUT2D eigenvalue weighted by molar-refractivity contribution is 5.41. The van der Waals surface area contributed by atoms with Gasteiger partial charge in [0.05, 0.1) is 6.61 Å². The zero-order chi connectivity index (χ0) is 11.5. The molecule has 16 heavy (non-hydrogen) atoms. The second-order valence-electron chi connectivity index (χ2n) is 3.84. The first kappa shape index (κ1) is 11.1. The van der Waals surface area contributed by atoms with Crippen LogP contribution in [0.4, 0.5) is 0 Å². The summed E-state index contributed by atoms with van der Waals surface area (Å²) in [7, 11) is 0. The van der Waals surface area contributed by atoms with Gasteiger partial charge in [-0.1, -0.05) is 12.7 Å². The lowest BCUT2D eigenvalue weighted by molar-refractivity contribution is -0.0345. The predicted molar refractivity (Wildman–Crippen MR) is 60.5 cm³/mol. The van der Waals surface area contributed by atoms with Crippen LogP contribution in [0.25, 0.3) is 0 Å². The molecule has 0 aromatic rings. The fraction of sp³-hybridized carbons (Fsp3) is 0.500. The Morgan fingerprint density at radius 2 is 2.44 bits per heavy atom. The van der Waals surface area contributed by atoms with E-state index in [-0.39, 0.29) is 12.7 Å². The minimum Gasteiger partial charge on any atom is -0.486 e. The number of nitrogens with one attached hydrogen (secondary N) is 1. The van der Waals surface area contributed by atoms with Crippen LogP contribution >= 0.6 is 0 Å². The number of ether oxygens (including phenoxy) is 2. The Kier molecular flexibility index (Phi) is 3.19. The van der Waals surface area contributed by atoms with Crippen molar-refractivity contribution in [1.29, 1.82) is 0 Å². The number of rotatable bonds is 1. The van der Waals surface area contributed by atoms with Crippen LogP contribution in [0.5, 0.6) is 0 Å². The summed E-state index contributed by atoms with van der Waals surface area (Å²) >= 11 is 0. The van der Waals surface area contributed by atoms with E-state index in [0.29, 0.717) is 18.1 Å². The summed E-state index contributed by atoms with van der Waals surface area (Å²) < 4.78 is 11.1. The summed E-state index contributed by atoms with van der Waals surface area (Å²) in [6.07, 6.45) is 2.62. The predicted octanol–water partition coefficient (Wildman–Crippen LogP) is 1.06. The number of aliphatic hydroxyl groups excluding tert-OH is 1. The molecule has 2 aliphatic rings. The Hall–Kier alpha value is -1.42. The maximum absolute atomic E-state index is 9.07. The van der Waals surface area contributed by atoms with E-state index in [1.807, 2.05) is 13.0 Å². The second-order valence-corrected chi connectivity index (χ2v) is 3.84. The summed E-state index contributed by atoms with van der Waals surface area (Å²) in [5.74, 6) is 1.24. The molecule has 1 unspecified atom stereocenters. The van der Waals surface area contributed by atoms with Gasteiger partial charge in [-0.05, 0) is 13.3 Å². The molecule has 0 aromatic heterocycles. The highest BCUT2D eigenvalue weighted by Crippen LogP contribution is 2.30. The highest BCUT2D eigenvalue weighted by Gasteiger charge is 2.27. The Balaban J connectivity index is 2.29. The minimum absolute atomic E-state index is 0.0390. The molecule has 88 valence electrons. The second kappa shape index (κ2) is 4.61. The topological polar surface area (TPSA) is 50.7 Å². The average molecular weight is 223 g/mol. The summed E-state index contributed by atoms with van der Waals surface area (Å²) in [6, 6.07) is 0. The van der Waals surface area contributed by atoms with E-state index in [9.17, 15) is 0 Å². The van der Waals surface area contributed by atoms with Crippen LogP contribution in [-0.4, -0.2) is 31.0 Å². The molecule has 0 bridgehead atoms. The van der Waals surface area contributed by atoms with Gasteiger partial charge in [0, 0.05) is 17.8 Å². The van der Waals surface area contributed by atoms with Gasteiger partial charge < -0.3 is 19.9 Å². The van der Waals surface area contributed by atoms with Gasteiger partial charge in [-0.15, -0.1) is 0 Å². The molecule has 2 saturated heterocycles. The van der Waals surface area contributed by atoms with Gasteiger partial charge >= 0.3 is 0 Å². The van der Waals surface area contributed by atoms with Crippen LogP contribution in [0.3, 0.4) is 0 Å². The molecule has 2 heterocycles. The first-order valence-electron chi connectivity index (χ1n) is 5.49. The largest absolute Gasteiger partial charge is 0.486 e. The monoisotopic (exact) mass is 223 g/mol. The third kappa shape index (κ3) is 1.93. The summed E-state index contributed by atoms with van der Waals surface area (Å²) in [5.41, 5.74) is 2.16. The Bertz CT molecular complexity index is 357. The Morgan fingerprint density at radius 1 is 1.62 bits per heavy atom. The number of aliphatic hydroxyl groups is 1. The van der Waals surface area contributed by atoms with E-state index in [1.54, 1.807) is 0 Å². The lowest BCUT2D eigenvalue weighted by atomic mass is 10.1. The molecule has 2 aliphatic heterocycles. The van der Waals surface area contributed by atoms with E-state index in [0.717, 1.165) is 24.2 Å². The van der Waals surface area contributed by atoms with E-state index >= 15 is 0 Å². The van der Waals surface area contributed by atoms with Gasteiger partial charge in [-0.2, -0.15) is 0 Å². The zero-order valence-corrected chi connectivity index (χ0v) is 9.45. The quantitative estimate of drug-likeness (QED) is 0.698. The summed E-state index contributed by atoms with van der Waals surface area (Å²) in [6.45, 7) is 7.04. The van der Waals surface area contributed by atoms with Crippen LogP contribution in [-0.2, 0) is 9.47 Å². The molecule has 0 radical (unpaired) electrons. The molecule has 0 saturated carbocycles. The van der Waals surface area contributed by atoms with Crippen molar-refractivity contribution in [2.75, 3.05) is 19.8 Å². The van der Waals surface area contributed by atoms with Gasteiger partial charge in [0.1, 0.15) is 6.61 Å². The van der Waals surface area contributed by atoms with Gasteiger partial charge in [0.25, 0.3) is 0 Å². The summed E-state index contributed by atoms with van der Waals surface area (Å²) in [5, 5.41) is 12.3. The Morgan fingerprint density at radius 3 is 3.12 bits per heavy atom. The van der Waals surface area contributed by atoms with Crippen molar-refractivity contribution in [2.24, 2.45) is 0 Å². The maximum atomic E-state index is 9.07. The van der Waals surface area contributed by atoms with Crippen molar-refractivity contribution in [3.8, 4) is 0 Å². The third-order valence-corrected chi connectivity index (χ3v) is 2.76. The van der Waals surface area contributed by atoms with E-state index < -0.39 is 0 Å². The maximum Gasteiger partial charge on any atom is 0.166 e. The molecule has 0 amide bonds. The smallest absolute Gasteiger partial charge is 0.166 e.